The molecule has 0 spiro atoms. The van der Waals surface area contributed by atoms with Crippen LogP contribution in [0.2, 0.25) is 0 Å². The van der Waals surface area contributed by atoms with Crippen molar-refractivity contribution < 1.29 is 36.0 Å². The van der Waals surface area contributed by atoms with Crippen molar-refractivity contribution in [2.75, 3.05) is 4.90 Å². The summed E-state index contributed by atoms with van der Waals surface area (Å²) >= 11 is 0. The van der Waals surface area contributed by atoms with Crippen LogP contribution in [0.25, 0.3) is 0 Å². The summed E-state index contributed by atoms with van der Waals surface area (Å²) in [6.45, 7) is 9.59. The Bertz CT molecular complexity index is 2150. The van der Waals surface area contributed by atoms with Gasteiger partial charge in [-0.15, -0.1) is 5.10 Å². The van der Waals surface area contributed by atoms with Gasteiger partial charge >= 0.3 is 12.3 Å². The summed E-state index contributed by atoms with van der Waals surface area (Å²) < 4.78 is 73.2. The highest BCUT2D eigenvalue weighted by atomic mass is 32.2. The number of halogens is 3. The Morgan fingerprint density at radius 3 is 2.09 bits per heavy atom. The Balaban J connectivity index is 1.75. The lowest BCUT2D eigenvalue weighted by molar-refractivity contribution is -0.142. The number of anilines is 1. The number of amides is 2. The van der Waals surface area contributed by atoms with Crippen LogP contribution in [0.1, 0.15) is 100 Å². The molecule has 0 unspecified atom stereocenters. The molecular weight excluding hydrogens is 734 g/mol. The summed E-state index contributed by atoms with van der Waals surface area (Å²) in [5, 5.41) is 13.5. The van der Waals surface area contributed by atoms with Gasteiger partial charge in [0.05, 0.1) is 16.4 Å². The first kappa shape index (κ1) is 41.0. The maximum atomic E-state index is 15.3. The molecule has 1 fully saturated rings. The molecule has 15 heteroatoms. The SMILES string of the molecule is CC(C)(C)N(Cc1ccccc1)C(=O)On1nc(C(F)(F)F)cc1C(=O)N(c1ccccc1)[C@](CCC1CC1)(NS(=O)(=O)C(C)(C)C)c1cccc(C#N)c1. The van der Waals surface area contributed by atoms with Crippen molar-refractivity contribution in [1.29, 1.82) is 5.26 Å². The first-order valence-corrected chi connectivity index (χ1v) is 19.3. The minimum Gasteiger partial charge on any atom is -0.298 e. The van der Waals surface area contributed by atoms with Crippen molar-refractivity contribution in [2.24, 2.45) is 5.92 Å². The fourth-order valence-corrected chi connectivity index (χ4v) is 7.03. The number of para-hydroxylation sites is 1. The summed E-state index contributed by atoms with van der Waals surface area (Å²) in [4.78, 5) is 37.4. The van der Waals surface area contributed by atoms with Crippen molar-refractivity contribution >= 4 is 27.7 Å². The number of rotatable bonds is 12. The molecule has 1 saturated carbocycles. The number of alkyl halides is 3. The van der Waals surface area contributed by atoms with E-state index in [2.05, 4.69) is 15.9 Å². The number of nitrogens with one attached hydrogen (secondary N) is 1. The lowest BCUT2D eigenvalue weighted by atomic mass is 9.89. The second-order valence-electron chi connectivity index (χ2n) is 15.6. The zero-order valence-corrected chi connectivity index (χ0v) is 32.4. The standard InChI is InChI=1S/C40H45F3N6O5S/c1-37(2,3)47(27-29-14-9-7-10-15-29)36(51)54-49-33(25-34(45-49)40(41,42)43)35(50)48(32-18-11-8-12-19-32)39(23-22-28-20-21-28,46-55(52,53)38(4,5)6)31-17-13-16-30(24-31)26-44/h7-19,24-25,28,46H,20-23,27H2,1-6H3/t39-/m0/s1. The first-order valence-electron chi connectivity index (χ1n) is 17.8. The zero-order chi connectivity index (χ0) is 40.4. The van der Waals surface area contributed by atoms with E-state index in [1.54, 1.807) is 81.4 Å². The van der Waals surface area contributed by atoms with Gasteiger partial charge in [-0.3, -0.25) is 19.4 Å². The number of aromatic nitrogens is 2. The number of nitrogens with zero attached hydrogens (tertiary/aromatic N) is 5. The predicted octanol–water partition coefficient (Wildman–Crippen LogP) is 8.03. The van der Waals surface area contributed by atoms with Crippen LogP contribution in [0.15, 0.2) is 91.0 Å². The molecule has 0 radical (unpaired) electrons. The largest absolute Gasteiger partial charge is 0.436 e. The van der Waals surface area contributed by atoms with Gasteiger partial charge in [0.25, 0.3) is 5.91 Å². The molecule has 1 atom stereocenters. The van der Waals surface area contributed by atoms with E-state index in [4.69, 9.17) is 4.84 Å². The Morgan fingerprint density at radius 1 is 0.927 bits per heavy atom. The molecule has 1 aromatic heterocycles. The lowest BCUT2D eigenvalue weighted by Crippen LogP contribution is -2.63. The van der Waals surface area contributed by atoms with E-state index >= 15 is 4.79 Å². The summed E-state index contributed by atoms with van der Waals surface area (Å²) in [6.07, 6.45) is -4.05. The fraction of sp³-hybridized carbons (Fsp3) is 0.400. The third-order valence-electron chi connectivity index (χ3n) is 9.35. The molecule has 1 heterocycles. The number of nitriles is 1. The minimum absolute atomic E-state index is 0.0179. The van der Waals surface area contributed by atoms with Gasteiger partial charge in [-0.05, 0) is 95.7 Å². The van der Waals surface area contributed by atoms with Crippen molar-refractivity contribution in [2.45, 2.75) is 95.9 Å². The summed E-state index contributed by atoms with van der Waals surface area (Å²) in [5.41, 5.74) is -4.07. The number of benzene rings is 3. The van der Waals surface area contributed by atoms with Crippen LogP contribution in [0.4, 0.5) is 23.7 Å². The molecule has 3 aromatic carbocycles. The molecule has 0 bridgehead atoms. The molecule has 2 amide bonds. The number of hydrogen-bond donors (Lipinski definition) is 1. The summed E-state index contributed by atoms with van der Waals surface area (Å²) in [5.74, 6) is -0.969. The van der Waals surface area contributed by atoms with Crippen LogP contribution in [0.3, 0.4) is 0 Å². The van der Waals surface area contributed by atoms with Gasteiger partial charge in [-0.1, -0.05) is 78.4 Å². The lowest BCUT2D eigenvalue weighted by Gasteiger charge is -2.46. The average molecular weight is 779 g/mol. The monoisotopic (exact) mass is 778 g/mol. The Hall–Kier alpha value is -5.20. The number of sulfonamides is 1. The van der Waals surface area contributed by atoms with Crippen molar-refractivity contribution in [3.63, 3.8) is 0 Å². The normalized spacial score (nSPS) is 14.8. The molecule has 4 aromatic rings. The van der Waals surface area contributed by atoms with E-state index in [1.165, 1.54) is 49.9 Å². The van der Waals surface area contributed by atoms with Gasteiger partial charge in [0.1, 0.15) is 5.66 Å². The highest BCUT2D eigenvalue weighted by molar-refractivity contribution is 7.90. The van der Waals surface area contributed by atoms with Gasteiger partial charge in [-0.2, -0.15) is 23.2 Å². The summed E-state index contributed by atoms with van der Waals surface area (Å²) in [6, 6.07) is 25.4. The minimum atomic E-state index is -5.07. The molecule has 292 valence electrons. The Labute approximate surface area is 319 Å². The topological polar surface area (TPSA) is 138 Å². The molecule has 1 aliphatic carbocycles. The maximum absolute atomic E-state index is 15.3. The van der Waals surface area contributed by atoms with Crippen LogP contribution in [-0.4, -0.2) is 45.5 Å². The Kier molecular flexibility index (Phi) is 11.6. The number of hydrogen-bond acceptors (Lipinski definition) is 7. The average Bonchev–Trinajstić information content (AvgIpc) is 3.85. The van der Waals surface area contributed by atoms with Crippen LogP contribution < -0.4 is 14.5 Å². The van der Waals surface area contributed by atoms with E-state index in [-0.39, 0.29) is 40.5 Å². The quantitative estimate of drug-likeness (QED) is 0.144. The molecule has 11 nitrogen and oxygen atoms in total. The molecule has 1 N–H and O–H groups in total. The predicted molar refractivity (Wildman–Crippen MR) is 201 cm³/mol. The Morgan fingerprint density at radius 2 is 1.55 bits per heavy atom. The van der Waals surface area contributed by atoms with Crippen molar-refractivity contribution in [3.05, 3.63) is 119 Å². The molecule has 5 rings (SSSR count). The van der Waals surface area contributed by atoms with E-state index in [1.807, 2.05) is 0 Å². The van der Waals surface area contributed by atoms with E-state index in [0.717, 1.165) is 17.7 Å². The van der Waals surface area contributed by atoms with Crippen LogP contribution in [0, 0.1) is 17.2 Å². The number of carbonyl (C=O) groups excluding carboxylic acids is 2. The first-order chi connectivity index (χ1) is 25.7. The van der Waals surface area contributed by atoms with Crippen LogP contribution in [-0.2, 0) is 28.4 Å². The smallest absolute Gasteiger partial charge is 0.298 e. The third kappa shape index (κ3) is 9.37. The molecule has 55 heavy (non-hydrogen) atoms. The molecule has 0 aliphatic heterocycles. The molecular formula is C40H45F3N6O5S. The molecule has 1 aliphatic rings. The van der Waals surface area contributed by atoms with E-state index in [9.17, 15) is 31.6 Å². The van der Waals surface area contributed by atoms with Crippen LogP contribution >= 0.6 is 0 Å². The fourth-order valence-electron chi connectivity index (χ4n) is 5.97. The van der Waals surface area contributed by atoms with Gasteiger partial charge < -0.3 is 0 Å². The van der Waals surface area contributed by atoms with Gasteiger partial charge in [-0.25, -0.2) is 13.2 Å². The van der Waals surface area contributed by atoms with E-state index in [0.29, 0.717) is 18.1 Å². The van der Waals surface area contributed by atoms with E-state index < -0.39 is 55.5 Å². The second kappa shape index (κ2) is 15.5. The third-order valence-corrected chi connectivity index (χ3v) is 11.6. The number of carbonyl (C=O) groups is 2. The maximum Gasteiger partial charge on any atom is 0.436 e. The molecule has 0 saturated heterocycles. The van der Waals surface area contributed by atoms with Crippen LogP contribution in [0.5, 0.6) is 0 Å². The van der Waals surface area contributed by atoms with Gasteiger partial charge in [0.15, 0.2) is 11.4 Å². The highest BCUT2D eigenvalue weighted by Crippen LogP contribution is 2.43. The van der Waals surface area contributed by atoms with Crippen molar-refractivity contribution in [1.82, 2.24) is 19.6 Å². The van der Waals surface area contributed by atoms with Gasteiger partial charge in [0, 0.05) is 23.8 Å². The van der Waals surface area contributed by atoms with Crippen molar-refractivity contribution in [3.8, 4) is 6.07 Å². The highest BCUT2D eigenvalue weighted by Gasteiger charge is 2.50. The summed E-state index contributed by atoms with van der Waals surface area (Å²) in [7, 11) is -4.35. The second-order valence-corrected chi connectivity index (χ2v) is 18.0. The zero-order valence-electron chi connectivity index (χ0n) is 31.6. The van der Waals surface area contributed by atoms with Gasteiger partial charge in [0.2, 0.25) is 10.0 Å².